The van der Waals surface area contributed by atoms with Crippen LogP contribution in [-0.2, 0) is 19.6 Å². The Morgan fingerprint density at radius 2 is 1.87 bits per heavy atom. The van der Waals surface area contributed by atoms with Crippen molar-refractivity contribution in [3.05, 3.63) is 46.7 Å². The van der Waals surface area contributed by atoms with Crippen LogP contribution >= 0.6 is 11.3 Å². The first-order valence-corrected chi connectivity index (χ1v) is 8.71. The topological polar surface area (TPSA) is 107 Å². The summed E-state index contributed by atoms with van der Waals surface area (Å²) in [5.74, 6) is -1.57. The fourth-order valence-electron chi connectivity index (χ4n) is 1.91. The number of benzene rings is 1. The Hall–Kier alpha value is -2.39. The third-order valence-corrected chi connectivity index (χ3v) is 5.75. The summed E-state index contributed by atoms with van der Waals surface area (Å²) in [5.41, 5.74) is 5.44. The molecule has 2 N–H and O–H groups in total. The maximum absolute atomic E-state index is 12.9. The van der Waals surface area contributed by atoms with E-state index in [1.54, 1.807) is 18.2 Å². The Morgan fingerprint density at radius 1 is 1.22 bits per heavy atom. The molecule has 0 saturated heterocycles. The second-order valence-electron chi connectivity index (χ2n) is 4.42. The van der Waals surface area contributed by atoms with Crippen LogP contribution in [0.25, 0.3) is 0 Å². The van der Waals surface area contributed by atoms with Gasteiger partial charge in [0, 0.05) is 0 Å². The summed E-state index contributed by atoms with van der Waals surface area (Å²) in [4.78, 5) is 22.8. The molecule has 0 aliphatic rings. The lowest BCUT2D eigenvalue weighted by atomic mass is 10.3. The minimum Gasteiger partial charge on any atom is -0.465 e. The van der Waals surface area contributed by atoms with Crippen LogP contribution in [0.15, 0.2) is 46.7 Å². The first-order chi connectivity index (χ1) is 10.9. The number of methoxy groups -OCH3 is 1. The molecule has 0 atom stereocenters. The van der Waals surface area contributed by atoms with Crippen LogP contribution in [0.3, 0.4) is 0 Å². The summed E-state index contributed by atoms with van der Waals surface area (Å²) < 4.78 is 31.2. The molecule has 0 radical (unpaired) electrons. The van der Waals surface area contributed by atoms with Crippen LogP contribution in [0, 0.1) is 0 Å². The lowest BCUT2D eigenvalue weighted by molar-refractivity contribution is -0.116. The first kappa shape index (κ1) is 17.0. The number of carbonyl (C=O) groups is 2. The standard InChI is InChI=1S/C14H14N2O5S2/c1-21-14(18)13-11(7-8-22-13)23(19,20)16(9-12(15)17)10-5-3-2-4-6-10/h2-8H,9H2,1H3,(H2,15,17). The van der Waals surface area contributed by atoms with E-state index in [0.29, 0.717) is 0 Å². The van der Waals surface area contributed by atoms with Gasteiger partial charge in [-0.25, -0.2) is 13.2 Å². The Labute approximate surface area is 137 Å². The maximum Gasteiger partial charge on any atom is 0.349 e. The minimum absolute atomic E-state index is 0.0575. The second kappa shape index (κ2) is 6.80. The molecule has 0 saturated carbocycles. The molecule has 2 aromatic rings. The molecule has 1 aromatic heterocycles. The van der Waals surface area contributed by atoms with Gasteiger partial charge in [-0.15, -0.1) is 11.3 Å². The highest BCUT2D eigenvalue weighted by atomic mass is 32.2. The van der Waals surface area contributed by atoms with Gasteiger partial charge < -0.3 is 10.5 Å². The number of thiophene rings is 1. The largest absolute Gasteiger partial charge is 0.465 e. The van der Waals surface area contributed by atoms with Gasteiger partial charge >= 0.3 is 5.97 Å². The average Bonchev–Trinajstić information content (AvgIpc) is 3.03. The second-order valence-corrected chi connectivity index (χ2v) is 7.17. The molecule has 0 bridgehead atoms. The monoisotopic (exact) mass is 354 g/mol. The van der Waals surface area contributed by atoms with Gasteiger partial charge in [0.15, 0.2) is 0 Å². The number of sulfonamides is 1. The number of ether oxygens (including phenoxy) is 1. The van der Waals surface area contributed by atoms with E-state index in [0.717, 1.165) is 22.8 Å². The predicted molar refractivity (Wildman–Crippen MR) is 85.8 cm³/mol. The highest BCUT2D eigenvalue weighted by molar-refractivity contribution is 7.93. The van der Waals surface area contributed by atoms with Crippen molar-refractivity contribution in [1.82, 2.24) is 0 Å². The minimum atomic E-state index is -4.15. The van der Waals surface area contributed by atoms with E-state index in [-0.39, 0.29) is 15.5 Å². The van der Waals surface area contributed by atoms with E-state index in [1.165, 1.54) is 23.6 Å². The molecule has 0 fully saturated rings. The van der Waals surface area contributed by atoms with Crippen molar-refractivity contribution in [2.75, 3.05) is 18.0 Å². The summed E-state index contributed by atoms with van der Waals surface area (Å²) in [6.07, 6.45) is 0. The van der Waals surface area contributed by atoms with Gasteiger partial charge in [0.2, 0.25) is 5.91 Å². The molecular formula is C14H14N2O5S2. The van der Waals surface area contributed by atoms with Crippen LogP contribution in [0.5, 0.6) is 0 Å². The average molecular weight is 354 g/mol. The number of esters is 1. The van der Waals surface area contributed by atoms with E-state index < -0.39 is 28.4 Å². The van der Waals surface area contributed by atoms with Gasteiger partial charge in [-0.3, -0.25) is 9.10 Å². The third kappa shape index (κ3) is 3.51. The molecule has 1 heterocycles. The van der Waals surface area contributed by atoms with Gasteiger partial charge in [-0.05, 0) is 23.6 Å². The first-order valence-electron chi connectivity index (χ1n) is 6.40. The van der Waals surface area contributed by atoms with Crippen molar-refractivity contribution in [3.63, 3.8) is 0 Å². The smallest absolute Gasteiger partial charge is 0.349 e. The molecule has 0 aliphatic carbocycles. The number of nitrogens with zero attached hydrogens (tertiary/aromatic N) is 1. The summed E-state index contributed by atoms with van der Waals surface area (Å²) in [6.45, 7) is -0.539. The van der Waals surface area contributed by atoms with E-state index in [1.807, 2.05) is 0 Å². The number of anilines is 1. The van der Waals surface area contributed by atoms with Crippen molar-refractivity contribution >= 4 is 38.9 Å². The predicted octanol–water partition coefficient (Wildman–Crippen LogP) is 1.22. The highest BCUT2D eigenvalue weighted by Gasteiger charge is 2.31. The van der Waals surface area contributed by atoms with Crippen LogP contribution in [0.2, 0.25) is 0 Å². The highest BCUT2D eigenvalue weighted by Crippen LogP contribution is 2.29. The van der Waals surface area contributed by atoms with E-state index in [2.05, 4.69) is 4.74 Å². The molecule has 122 valence electrons. The number of amides is 1. The van der Waals surface area contributed by atoms with E-state index in [9.17, 15) is 18.0 Å². The molecule has 1 amide bonds. The van der Waals surface area contributed by atoms with Crippen molar-refractivity contribution in [2.45, 2.75) is 4.90 Å². The summed E-state index contributed by atoms with van der Waals surface area (Å²) in [7, 11) is -2.99. The summed E-state index contributed by atoms with van der Waals surface area (Å²) in [6, 6.07) is 9.34. The van der Waals surface area contributed by atoms with Gasteiger partial charge in [0.1, 0.15) is 16.3 Å². The number of para-hydroxylation sites is 1. The third-order valence-electron chi connectivity index (χ3n) is 2.91. The number of nitrogens with two attached hydrogens (primary N) is 1. The quantitative estimate of drug-likeness (QED) is 0.785. The molecular weight excluding hydrogens is 340 g/mol. The zero-order chi connectivity index (χ0) is 17.0. The van der Waals surface area contributed by atoms with Gasteiger partial charge in [-0.1, -0.05) is 18.2 Å². The number of rotatable bonds is 6. The zero-order valence-corrected chi connectivity index (χ0v) is 13.8. The van der Waals surface area contributed by atoms with Crippen molar-refractivity contribution in [1.29, 1.82) is 0 Å². The molecule has 1 aromatic carbocycles. The lowest BCUT2D eigenvalue weighted by Crippen LogP contribution is -2.38. The SMILES string of the molecule is COC(=O)c1sccc1S(=O)(=O)N(CC(N)=O)c1ccccc1. The van der Waals surface area contributed by atoms with Crippen LogP contribution in [0.1, 0.15) is 9.67 Å². The van der Waals surface area contributed by atoms with Gasteiger partial charge in [-0.2, -0.15) is 0 Å². The molecule has 9 heteroatoms. The zero-order valence-electron chi connectivity index (χ0n) is 12.1. The van der Waals surface area contributed by atoms with Crippen molar-refractivity contribution < 1.29 is 22.7 Å². The normalized spacial score (nSPS) is 11.0. The summed E-state index contributed by atoms with van der Waals surface area (Å²) >= 11 is 0.944. The van der Waals surface area contributed by atoms with Crippen LogP contribution < -0.4 is 10.0 Å². The molecule has 0 spiro atoms. The Morgan fingerprint density at radius 3 is 2.43 bits per heavy atom. The molecule has 2 rings (SSSR count). The van der Waals surface area contributed by atoms with E-state index in [4.69, 9.17) is 5.73 Å². The number of hydrogen-bond donors (Lipinski definition) is 1. The lowest BCUT2D eigenvalue weighted by Gasteiger charge is -2.23. The van der Waals surface area contributed by atoms with Gasteiger partial charge in [0.05, 0.1) is 12.8 Å². The Balaban J connectivity index is 2.56. The Bertz CT molecular complexity index is 815. The van der Waals surface area contributed by atoms with E-state index >= 15 is 0 Å². The van der Waals surface area contributed by atoms with Crippen LogP contribution in [0.4, 0.5) is 5.69 Å². The number of carbonyl (C=O) groups excluding carboxylic acids is 2. The number of hydrogen-bond acceptors (Lipinski definition) is 6. The number of primary amides is 1. The van der Waals surface area contributed by atoms with Crippen molar-refractivity contribution in [2.24, 2.45) is 5.73 Å². The van der Waals surface area contributed by atoms with Crippen LogP contribution in [-0.4, -0.2) is 33.9 Å². The van der Waals surface area contributed by atoms with Gasteiger partial charge in [0.25, 0.3) is 10.0 Å². The molecule has 0 unspecified atom stereocenters. The van der Waals surface area contributed by atoms with Crippen molar-refractivity contribution in [3.8, 4) is 0 Å². The molecule has 7 nitrogen and oxygen atoms in total. The maximum atomic E-state index is 12.9. The fourth-order valence-corrected chi connectivity index (χ4v) is 4.65. The summed E-state index contributed by atoms with van der Waals surface area (Å²) in [5, 5.41) is 1.46. The fraction of sp³-hybridized carbons (Fsp3) is 0.143. The Kier molecular flexibility index (Phi) is 5.02. The molecule has 0 aliphatic heterocycles. The molecule has 23 heavy (non-hydrogen) atoms.